The van der Waals surface area contributed by atoms with E-state index in [9.17, 15) is 8.78 Å². The molecule has 0 radical (unpaired) electrons. The molecule has 1 saturated heterocycles. The molecule has 1 aliphatic heterocycles. The second-order valence-corrected chi connectivity index (χ2v) is 4.78. The Bertz CT molecular complexity index is 362. The standard InChI is InChI=1S/C11H12BrF2N/c12-10-5-9(13)4-8(11(10)14)3-7-1-2-15-6-7/h4-5,7,15H,1-3,6H2. The van der Waals surface area contributed by atoms with Crippen LogP contribution in [0.2, 0.25) is 0 Å². The molecule has 1 fully saturated rings. The molecule has 0 spiro atoms. The molecule has 0 amide bonds. The Morgan fingerprint density at radius 3 is 2.87 bits per heavy atom. The van der Waals surface area contributed by atoms with E-state index in [-0.39, 0.29) is 16.1 Å². The predicted octanol–water partition coefficient (Wildman–Crippen LogP) is 2.88. The zero-order valence-electron chi connectivity index (χ0n) is 8.19. The van der Waals surface area contributed by atoms with Gasteiger partial charge in [0.15, 0.2) is 0 Å². The summed E-state index contributed by atoms with van der Waals surface area (Å²) < 4.78 is 26.9. The number of nitrogens with one attached hydrogen (secondary N) is 1. The lowest BCUT2D eigenvalue weighted by molar-refractivity contribution is 0.531. The van der Waals surface area contributed by atoms with Crippen LogP contribution in [0.4, 0.5) is 8.78 Å². The second kappa shape index (κ2) is 4.58. The van der Waals surface area contributed by atoms with Crippen molar-refractivity contribution in [1.82, 2.24) is 5.32 Å². The van der Waals surface area contributed by atoms with Crippen molar-refractivity contribution in [2.75, 3.05) is 13.1 Å². The molecule has 0 aromatic heterocycles. The summed E-state index contributed by atoms with van der Waals surface area (Å²) in [6.07, 6.45) is 1.64. The molecule has 1 N–H and O–H groups in total. The Balaban J connectivity index is 2.19. The lowest BCUT2D eigenvalue weighted by Gasteiger charge is -2.10. The van der Waals surface area contributed by atoms with Crippen molar-refractivity contribution in [2.45, 2.75) is 12.8 Å². The van der Waals surface area contributed by atoms with E-state index in [2.05, 4.69) is 21.2 Å². The Morgan fingerprint density at radius 1 is 1.40 bits per heavy atom. The van der Waals surface area contributed by atoms with E-state index in [0.717, 1.165) is 25.6 Å². The molecule has 15 heavy (non-hydrogen) atoms. The van der Waals surface area contributed by atoms with Crippen LogP contribution in [-0.4, -0.2) is 13.1 Å². The third-order valence-electron chi connectivity index (χ3n) is 2.74. The molecule has 2 rings (SSSR count). The van der Waals surface area contributed by atoms with E-state index in [1.165, 1.54) is 6.07 Å². The summed E-state index contributed by atoms with van der Waals surface area (Å²) in [5, 5.41) is 3.21. The summed E-state index contributed by atoms with van der Waals surface area (Å²) >= 11 is 3.02. The Labute approximate surface area is 96.0 Å². The van der Waals surface area contributed by atoms with Crippen molar-refractivity contribution in [2.24, 2.45) is 5.92 Å². The van der Waals surface area contributed by atoms with Gasteiger partial charge < -0.3 is 5.32 Å². The fourth-order valence-corrected chi connectivity index (χ4v) is 2.43. The van der Waals surface area contributed by atoms with Gasteiger partial charge in [-0.2, -0.15) is 0 Å². The van der Waals surface area contributed by atoms with Crippen LogP contribution in [-0.2, 0) is 6.42 Å². The normalized spacial score (nSPS) is 20.9. The summed E-state index contributed by atoms with van der Waals surface area (Å²) in [4.78, 5) is 0. The molecule has 1 aromatic carbocycles. The molecule has 1 aromatic rings. The maximum Gasteiger partial charge on any atom is 0.140 e. The van der Waals surface area contributed by atoms with Crippen molar-refractivity contribution < 1.29 is 8.78 Å². The molecule has 1 aliphatic rings. The van der Waals surface area contributed by atoms with Crippen LogP contribution >= 0.6 is 15.9 Å². The average Bonchev–Trinajstić information content (AvgIpc) is 2.66. The smallest absolute Gasteiger partial charge is 0.140 e. The first-order valence-corrected chi connectivity index (χ1v) is 5.80. The molecular weight excluding hydrogens is 264 g/mol. The first-order chi connectivity index (χ1) is 7.16. The summed E-state index contributed by atoms with van der Waals surface area (Å²) in [7, 11) is 0. The van der Waals surface area contributed by atoms with Gasteiger partial charge in [0.1, 0.15) is 11.6 Å². The summed E-state index contributed by atoms with van der Waals surface area (Å²) in [6.45, 7) is 1.87. The molecular formula is C11H12BrF2N. The lowest BCUT2D eigenvalue weighted by atomic mass is 9.98. The molecule has 1 unspecified atom stereocenters. The van der Waals surface area contributed by atoms with E-state index in [1.54, 1.807) is 0 Å². The van der Waals surface area contributed by atoms with Crippen LogP contribution < -0.4 is 5.32 Å². The van der Waals surface area contributed by atoms with Crippen LogP contribution in [0.15, 0.2) is 16.6 Å². The predicted molar refractivity (Wildman–Crippen MR) is 58.7 cm³/mol. The largest absolute Gasteiger partial charge is 0.316 e. The van der Waals surface area contributed by atoms with Gasteiger partial charge >= 0.3 is 0 Å². The van der Waals surface area contributed by atoms with Crippen molar-refractivity contribution >= 4 is 15.9 Å². The SMILES string of the molecule is Fc1cc(Br)c(F)c(CC2CCNC2)c1. The van der Waals surface area contributed by atoms with E-state index in [1.807, 2.05) is 0 Å². The van der Waals surface area contributed by atoms with E-state index in [4.69, 9.17) is 0 Å². The van der Waals surface area contributed by atoms with E-state index in [0.29, 0.717) is 17.9 Å². The fraction of sp³-hybridized carbons (Fsp3) is 0.455. The molecule has 1 heterocycles. The van der Waals surface area contributed by atoms with Crippen LogP contribution in [0, 0.1) is 17.6 Å². The number of benzene rings is 1. The maximum absolute atomic E-state index is 13.6. The van der Waals surface area contributed by atoms with Gasteiger partial charge in [-0.05, 0) is 65.5 Å². The highest BCUT2D eigenvalue weighted by molar-refractivity contribution is 9.10. The molecule has 0 aliphatic carbocycles. The van der Waals surface area contributed by atoms with Crippen LogP contribution in [0.3, 0.4) is 0 Å². The number of halogens is 3. The van der Waals surface area contributed by atoms with Gasteiger partial charge in [-0.15, -0.1) is 0 Å². The van der Waals surface area contributed by atoms with Gasteiger partial charge in [0.05, 0.1) is 4.47 Å². The topological polar surface area (TPSA) is 12.0 Å². The average molecular weight is 276 g/mol. The number of rotatable bonds is 2. The van der Waals surface area contributed by atoms with Crippen LogP contribution in [0.5, 0.6) is 0 Å². The third-order valence-corrected chi connectivity index (χ3v) is 3.32. The van der Waals surface area contributed by atoms with Gasteiger partial charge in [0.2, 0.25) is 0 Å². The van der Waals surface area contributed by atoms with Gasteiger partial charge in [0.25, 0.3) is 0 Å². The molecule has 4 heteroatoms. The van der Waals surface area contributed by atoms with Crippen molar-refractivity contribution in [3.05, 3.63) is 33.8 Å². The molecule has 82 valence electrons. The summed E-state index contributed by atoms with van der Waals surface area (Å²) in [5.74, 6) is -0.291. The second-order valence-electron chi connectivity index (χ2n) is 3.92. The molecule has 0 bridgehead atoms. The quantitative estimate of drug-likeness (QED) is 0.819. The van der Waals surface area contributed by atoms with Crippen LogP contribution in [0.1, 0.15) is 12.0 Å². The first kappa shape index (κ1) is 11.0. The van der Waals surface area contributed by atoms with Gasteiger partial charge in [-0.25, -0.2) is 8.78 Å². The number of hydrogen-bond donors (Lipinski definition) is 1. The van der Waals surface area contributed by atoms with Gasteiger partial charge in [0, 0.05) is 0 Å². The van der Waals surface area contributed by atoms with Gasteiger partial charge in [-0.1, -0.05) is 0 Å². The number of hydrogen-bond acceptors (Lipinski definition) is 1. The van der Waals surface area contributed by atoms with E-state index >= 15 is 0 Å². The van der Waals surface area contributed by atoms with Gasteiger partial charge in [-0.3, -0.25) is 0 Å². The summed E-state index contributed by atoms with van der Waals surface area (Å²) in [5.41, 5.74) is 0.468. The maximum atomic E-state index is 13.6. The fourth-order valence-electron chi connectivity index (χ4n) is 1.96. The van der Waals surface area contributed by atoms with Crippen molar-refractivity contribution in [3.63, 3.8) is 0 Å². The minimum Gasteiger partial charge on any atom is -0.316 e. The zero-order valence-corrected chi connectivity index (χ0v) is 9.78. The monoisotopic (exact) mass is 275 g/mol. The minimum atomic E-state index is -0.385. The van der Waals surface area contributed by atoms with Crippen molar-refractivity contribution in [1.29, 1.82) is 0 Å². The van der Waals surface area contributed by atoms with E-state index < -0.39 is 0 Å². The van der Waals surface area contributed by atoms with Crippen LogP contribution in [0.25, 0.3) is 0 Å². The summed E-state index contributed by atoms with van der Waals surface area (Å²) in [6, 6.07) is 2.45. The Hall–Kier alpha value is -0.480. The highest BCUT2D eigenvalue weighted by atomic mass is 79.9. The minimum absolute atomic E-state index is 0.212. The Morgan fingerprint density at radius 2 is 2.20 bits per heavy atom. The Kier molecular flexibility index (Phi) is 3.36. The third kappa shape index (κ3) is 2.55. The zero-order chi connectivity index (χ0) is 10.8. The molecule has 0 saturated carbocycles. The lowest BCUT2D eigenvalue weighted by Crippen LogP contribution is -2.11. The first-order valence-electron chi connectivity index (χ1n) is 5.01. The molecule has 1 nitrogen and oxygen atoms in total. The molecule has 1 atom stereocenters. The highest BCUT2D eigenvalue weighted by Gasteiger charge is 2.18. The highest BCUT2D eigenvalue weighted by Crippen LogP contribution is 2.24. The van der Waals surface area contributed by atoms with Crippen molar-refractivity contribution in [3.8, 4) is 0 Å².